The van der Waals surface area contributed by atoms with Crippen molar-refractivity contribution in [3.05, 3.63) is 55.1 Å². The van der Waals surface area contributed by atoms with Crippen molar-refractivity contribution in [1.29, 1.82) is 0 Å². The van der Waals surface area contributed by atoms with E-state index in [0.29, 0.717) is 0 Å². The van der Waals surface area contributed by atoms with Crippen molar-refractivity contribution in [3.8, 4) is 0 Å². The Morgan fingerprint density at radius 2 is 1.86 bits per heavy atom. The minimum absolute atomic E-state index is 0.125. The number of rotatable bonds is 3. The number of nitrogens with zero attached hydrogens (tertiary/aromatic N) is 2. The van der Waals surface area contributed by atoms with Gasteiger partial charge in [0.25, 0.3) is 5.91 Å². The third-order valence-electron chi connectivity index (χ3n) is 3.74. The Hall–Kier alpha value is -0.690. The highest BCUT2D eigenvalue weighted by atomic mass is 79.9. The standard InChI is InChI=1S/C16H16Br2N2OS/c17-13-3-1-2-12(10-13)16(21)20-8-6-19(7-9-20)11-14-4-5-15(18)22-14/h1-5,10H,6-9,11H2. The SMILES string of the molecule is O=C(c1cccc(Br)c1)N1CCN(Cc2ccc(Br)s2)CC1. The number of thiophene rings is 1. The largest absolute Gasteiger partial charge is 0.336 e. The molecule has 0 spiro atoms. The van der Waals surface area contributed by atoms with E-state index < -0.39 is 0 Å². The van der Waals surface area contributed by atoms with Gasteiger partial charge in [0.1, 0.15) is 0 Å². The average molecular weight is 444 g/mol. The molecule has 0 aliphatic carbocycles. The number of carbonyl (C=O) groups is 1. The predicted molar refractivity (Wildman–Crippen MR) is 97.3 cm³/mol. The van der Waals surface area contributed by atoms with Crippen LogP contribution in [0.2, 0.25) is 0 Å². The van der Waals surface area contributed by atoms with Crippen LogP contribution >= 0.6 is 43.2 Å². The monoisotopic (exact) mass is 442 g/mol. The summed E-state index contributed by atoms with van der Waals surface area (Å²) in [5, 5.41) is 0. The lowest BCUT2D eigenvalue weighted by atomic mass is 10.2. The molecule has 1 fully saturated rings. The maximum absolute atomic E-state index is 12.5. The summed E-state index contributed by atoms with van der Waals surface area (Å²) in [5.74, 6) is 0.125. The second-order valence-corrected chi connectivity index (χ2v) is 8.75. The van der Waals surface area contributed by atoms with Crippen molar-refractivity contribution >= 4 is 49.1 Å². The van der Waals surface area contributed by atoms with E-state index in [1.165, 1.54) is 8.66 Å². The van der Waals surface area contributed by atoms with Gasteiger partial charge in [0.05, 0.1) is 3.79 Å². The zero-order valence-electron chi connectivity index (χ0n) is 12.0. The van der Waals surface area contributed by atoms with Crippen LogP contribution in [0, 0.1) is 0 Å². The second-order valence-electron chi connectivity index (χ2n) is 5.28. The molecule has 1 amide bonds. The molecule has 0 unspecified atom stereocenters. The molecule has 0 atom stereocenters. The zero-order chi connectivity index (χ0) is 15.5. The summed E-state index contributed by atoms with van der Waals surface area (Å²) < 4.78 is 2.12. The first-order chi connectivity index (χ1) is 10.6. The first-order valence-corrected chi connectivity index (χ1v) is 9.53. The first-order valence-electron chi connectivity index (χ1n) is 7.13. The molecule has 0 saturated carbocycles. The van der Waals surface area contributed by atoms with Gasteiger partial charge in [-0.25, -0.2) is 0 Å². The summed E-state index contributed by atoms with van der Waals surface area (Å²) in [6.45, 7) is 4.40. The van der Waals surface area contributed by atoms with Crippen molar-refractivity contribution in [2.24, 2.45) is 0 Å². The lowest BCUT2D eigenvalue weighted by molar-refractivity contribution is 0.0629. The summed E-state index contributed by atoms with van der Waals surface area (Å²) in [7, 11) is 0. The molecule has 1 saturated heterocycles. The average Bonchev–Trinajstić information content (AvgIpc) is 2.92. The van der Waals surface area contributed by atoms with Crippen molar-refractivity contribution in [2.45, 2.75) is 6.54 Å². The minimum Gasteiger partial charge on any atom is -0.336 e. The topological polar surface area (TPSA) is 23.6 Å². The quantitative estimate of drug-likeness (QED) is 0.708. The smallest absolute Gasteiger partial charge is 0.253 e. The molecule has 2 heterocycles. The van der Waals surface area contributed by atoms with E-state index in [1.807, 2.05) is 29.2 Å². The number of halogens is 2. The highest BCUT2D eigenvalue weighted by Gasteiger charge is 2.22. The number of amides is 1. The molecule has 2 aromatic rings. The van der Waals surface area contributed by atoms with Crippen molar-refractivity contribution in [3.63, 3.8) is 0 Å². The summed E-state index contributed by atoms with van der Waals surface area (Å²) in [4.78, 5) is 18.2. The molecular formula is C16H16Br2N2OS. The van der Waals surface area contributed by atoms with E-state index in [2.05, 4.69) is 48.9 Å². The van der Waals surface area contributed by atoms with Crippen LogP contribution in [0.25, 0.3) is 0 Å². The highest BCUT2D eigenvalue weighted by Crippen LogP contribution is 2.24. The molecule has 1 aliphatic heterocycles. The van der Waals surface area contributed by atoms with Gasteiger partial charge in [-0.15, -0.1) is 11.3 Å². The van der Waals surface area contributed by atoms with E-state index in [4.69, 9.17) is 0 Å². The number of piperazine rings is 1. The Balaban J connectivity index is 1.56. The molecule has 3 rings (SSSR count). The van der Waals surface area contributed by atoms with Crippen LogP contribution in [0.3, 0.4) is 0 Å². The molecule has 1 aromatic carbocycles. The van der Waals surface area contributed by atoms with Gasteiger partial charge in [-0.3, -0.25) is 9.69 Å². The van der Waals surface area contributed by atoms with Gasteiger partial charge < -0.3 is 4.90 Å². The van der Waals surface area contributed by atoms with E-state index in [9.17, 15) is 4.79 Å². The second kappa shape index (κ2) is 7.25. The van der Waals surface area contributed by atoms with Crippen molar-refractivity contribution in [1.82, 2.24) is 9.80 Å². The van der Waals surface area contributed by atoms with E-state index in [-0.39, 0.29) is 5.91 Å². The zero-order valence-corrected chi connectivity index (χ0v) is 16.0. The van der Waals surface area contributed by atoms with Crippen LogP contribution < -0.4 is 0 Å². The van der Waals surface area contributed by atoms with Crippen LogP contribution in [-0.2, 0) is 6.54 Å². The van der Waals surface area contributed by atoms with Gasteiger partial charge in [-0.05, 0) is 46.3 Å². The fourth-order valence-corrected chi connectivity index (χ4v) is 4.50. The van der Waals surface area contributed by atoms with E-state index in [0.717, 1.165) is 42.8 Å². The van der Waals surface area contributed by atoms with Crippen molar-refractivity contribution < 1.29 is 4.79 Å². The molecule has 116 valence electrons. The third kappa shape index (κ3) is 3.98. The third-order valence-corrected chi connectivity index (χ3v) is 5.84. The number of hydrogen-bond acceptors (Lipinski definition) is 3. The molecule has 0 radical (unpaired) electrons. The number of carbonyl (C=O) groups excluding carboxylic acids is 1. The summed E-state index contributed by atoms with van der Waals surface area (Å²) >= 11 is 8.70. The molecule has 1 aliphatic rings. The van der Waals surface area contributed by atoms with Crippen LogP contribution in [0.4, 0.5) is 0 Å². The summed E-state index contributed by atoms with van der Waals surface area (Å²) in [6.07, 6.45) is 0. The molecule has 6 heteroatoms. The predicted octanol–water partition coefficient (Wildman–Crippen LogP) is 4.23. The lowest BCUT2D eigenvalue weighted by Crippen LogP contribution is -2.48. The van der Waals surface area contributed by atoms with Crippen molar-refractivity contribution in [2.75, 3.05) is 26.2 Å². The van der Waals surface area contributed by atoms with Gasteiger partial charge in [0, 0.05) is 47.6 Å². The number of hydrogen-bond donors (Lipinski definition) is 0. The van der Waals surface area contributed by atoms with E-state index >= 15 is 0 Å². The molecule has 22 heavy (non-hydrogen) atoms. The van der Waals surface area contributed by atoms with Crippen LogP contribution in [0.5, 0.6) is 0 Å². The van der Waals surface area contributed by atoms with Gasteiger partial charge in [0.2, 0.25) is 0 Å². The minimum atomic E-state index is 0.125. The fraction of sp³-hybridized carbons (Fsp3) is 0.312. The Labute approximate surface area is 151 Å². The first kappa shape index (κ1) is 16.2. The Bertz CT molecular complexity index is 666. The van der Waals surface area contributed by atoms with Crippen LogP contribution in [0.1, 0.15) is 15.2 Å². The summed E-state index contributed by atoms with van der Waals surface area (Å²) in [5.41, 5.74) is 0.755. The maximum atomic E-state index is 12.5. The highest BCUT2D eigenvalue weighted by molar-refractivity contribution is 9.11. The maximum Gasteiger partial charge on any atom is 0.253 e. The van der Waals surface area contributed by atoms with Gasteiger partial charge in [-0.1, -0.05) is 22.0 Å². The molecular weight excluding hydrogens is 428 g/mol. The van der Waals surface area contributed by atoms with Gasteiger partial charge in [-0.2, -0.15) is 0 Å². The van der Waals surface area contributed by atoms with Crippen LogP contribution in [0.15, 0.2) is 44.7 Å². The molecule has 3 nitrogen and oxygen atoms in total. The fourth-order valence-electron chi connectivity index (χ4n) is 2.57. The van der Waals surface area contributed by atoms with Gasteiger partial charge >= 0.3 is 0 Å². The van der Waals surface area contributed by atoms with Crippen LogP contribution in [-0.4, -0.2) is 41.9 Å². The number of benzene rings is 1. The Morgan fingerprint density at radius 3 is 2.50 bits per heavy atom. The Morgan fingerprint density at radius 1 is 1.09 bits per heavy atom. The summed E-state index contributed by atoms with van der Waals surface area (Å²) in [6, 6.07) is 11.9. The normalized spacial score (nSPS) is 16.0. The Kier molecular flexibility index (Phi) is 5.33. The van der Waals surface area contributed by atoms with Gasteiger partial charge in [0.15, 0.2) is 0 Å². The molecule has 0 N–H and O–H groups in total. The molecule has 0 bridgehead atoms. The molecule has 1 aromatic heterocycles. The van der Waals surface area contributed by atoms with E-state index in [1.54, 1.807) is 11.3 Å². The lowest BCUT2D eigenvalue weighted by Gasteiger charge is -2.34.